The van der Waals surface area contributed by atoms with Gasteiger partial charge in [0.05, 0.1) is 5.01 Å². The second kappa shape index (κ2) is 7.32. The Morgan fingerprint density at radius 2 is 1.83 bits per heavy atom. The van der Waals surface area contributed by atoms with E-state index in [1.807, 2.05) is 6.20 Å². The molecule has 0 saturated heterocycles. The standard InChI is InChI=1S/C15H19NS.CH4/c1-12(2)14(15-16-9-10-17-15)11-13-7-5-3-4-6-8-13;/h3-10,12-14H,11H2,1-2H3;1H4. The van der Waals surface area contributed by atoms with Crippen molar-refractivity contribution in [1.29, 1.82) is 0 Å². The highest BCUT2D eigenvalue weighted by Gasteiger charge is 2.20. The summed E-state index contributed by atoms with van der Waals surface area (Å²) < 4.78 is 0. The molecular weight excluding hydrogens is 238 g/mol. The van der Waals surface area contributed by atoms with E-state index in [0.29, 0.717) is 17.8 Å². The summed E-state index contributed by atoms with van der Waals surface area (Å²) in [5, 5.41) is 3.35. The zero-order valence-electron chi connectivity index (χ0n) is 10.4. The first kappa shape index (κ1) is 14.9. The van der Waals surface area contributed by atoms with Gasteiger partial charge in [-0.15, -0.1) is 11.3 Å². The zero-order chi connectivity index (χ0) is 12.1. The van der Waals surface area contributed by atoms with Crippen molar-refractivity contribution in [3.8, 4) is 0 Å². The van der Waals surface area contributed by atoms with Crippen LogP contribution in [0.2, 0.25) is 0 Å². The predicted molar refractivity (Wildman–Crippen MR) is 82.0 cm³/mol. The van der Waals surface area contributed by atoms with Crippen molar-refractivity contribution in [2.75, 3.05) is 0 Å². The van der Waals surface area contributed by atoms with Crippen molar-refractivity contribution >= 4 is 11.3 Å². The Hall–Kier alpha value is -1.15. The molecule has 0 aromatic carbocycles. The third-order valence-electron chi connectivity index (χ3n) is 3.15. The fraction of sp³-hybridized carbons (Fsp3) is 0.438. The van der Waals surface area contributed by atoms with Crippen molar-refractivity contribution in [3.63, 3.8) is 0 Å². The first-order valence-electron chi connectivity index (χ1n) is 6.18. The van der Waals surface area contributed by atoms with Gasteiger partial charge in [0.25, 0.3) is 0 Å². The highest BCUT2D eigenvalue weighted by Crippen LogP contribution is 2.33. The number of hydrogen-bond donors (Lipinski definition) is 0. The SMILES string of the molecule is C.CC(C)C(CC1C=CC=CC=C1)c1nccs1. The van der Waals surface area contributed by atoms with Gasteiger partial charge in [-0.2, -0.15) is 0 Å². The maximum atomic E-state index is 4.48. The van der Waals surface area contributed by atoms with E-state index < -0.39 is 0 Å². The van der Waals surface area contributed by atoms with Crippen molar-refractivity contribution in [1.82, 2.24) is 4.98 Å². The van der Waals surface area contributed by atoms with Gasteiger partial charge in [0, 0.05) is 17.5 Å². The number of thiazole rings is 1. The number of aromatic nitrogens is 1. The molecule has 0 fully saturated rings. The van der Waals surface area contributed by atoms with Crippen molar-refractivity contribution < 1.29 is 0 Å². The summed E-state index contributed by atoms with van der Waals surface area (Å²) >= 11 is 1.78. The molecule has 0 bridgehead atoms. The maximum absolute atomic E-state index is 4.48. The van der Waals surface area contributed by atoms with E-state index in [0.717, 1.165) is 6.42 Å². The van der Waals surface area contributed by atoms with Crippen LogP contribution in [0.4, 0.5) is 0 Å². The number of nitrogens with zero attached hydrogens (tertiary/aromatic N) is 1. The van der Waals surface area contributed by atoms with Crippen LogP contribution in [0.25, 0.3) is 0 Å². The van der Waals surface area contributed by atoms with E-state index in [2.05, 4.69) is 60.7 Å². The summed E-state index contributed by atoms with van der Waals surface area (Å²) in [7, 11) is 0. The zero-order valence-corrected chi connectivity index (χ0v) is 11.2. The molecule has 1 atom stereocenters. The van der Waals surface area contributed by atoms with Crippen LogP contribution in [-0.4, -0.2) is 4.98 Å². The number of rotatable bonds is 4. The molecule has 2 heteroatoms. The molecule has 0 saturated carbocycles. The number of allylic oxidation sites excluding steroid dienone is 6. The van der Waals surface area contributed by atoms with Gasteiger partial charge in [-0.25, -0.2) is 4.98 Å². The lowest BCUT2D eigenvalue weighted by Gasteiger charge is -2.21. The molecular formula is C16H23NS. The largest absolute Gasteiger partial charge is 0.249 e. The molecule has 1 aromatic rings. The van der Waals surface area contributed by atoms with Gasteiger partial charge < -0.3 is 0 Å². The lowest BCUT2D eigenvalue weighted by Crippen LogP contribution is -2.10. The van der Waals surface area contributed by atoms with E-state index in [1.165, 1.54) is 5.01 Å². The van der Waals surface area contributed by atoms with Crippen LogP contribution in [0.1, 0.15) is 38.6 Å². The van der Waals surface area contributed by atoms with Crippen LogP contribution in [0, 0.1) is 11.8 Å². The smallest absolute Gasteiger partial charge is 0.0958 e. The second-order valence-corrected chi connectivity index (χ2v) is 5.70. The molecule has 2 rings (SSSR count). The van der Waals surface area contributed by atoms with Crippen LogP contribution in [-0.2, 0) is 0 Å². The van der Waals surface area contributed by atoms with Crippen LogP contribution in [0.3, 0.4) is 0 Å². The first-order valence-corrected chi connectivity index (χ1v) is 7.06. The fourth-order valence-electron chi connectivity index (χ4n) is 2.13. The van der Waals surface area contributed by atoms with Crippen LogP contribution >= 0.6 is 11.3 Å². The lowest BCUT2D eigenvalue weighted by molar-refractivity contribution is 0.440. The van der Waals surface area contributed by atoms with Gasteiger partial charge in [-0.1, -0.05) is 57.7 Å². The predicted octanol–water partition coefficient (Wildman–Crippen LogP) is 5.21. The third kappa shape index (κ3) is 3.95. The summed E-state index contributed by atoms with van der Waals surface area (Å²) in [6.07, 6.45) is 16.1. The Bertz CT molecular complexity index is 396. The Kier molecular flexibility index (Phi) is 6.06. The van der Waals surface area contributed by atoms with Gasteiger partial charge in [0.1, 0.15) is 0 Å². The summed E-state index contributed by atoms with van der Waals surface area (Å²) in [5.74, 6) is 1.73. The van der Waals surface area contributed by atoms with Crippen molar-refractivity contribution in [2.45, 2.75) is 33.6 Å². The molecule has 0 radical (unpaired) electrons. The molecule has 1 unspecified atom stereocenters. The van der Waals surface area contributed by atoms with Crippen LogP contribution in [0.5, 0.6) is 0 Å². The normalized spacial score (nSPS) is 16.6. The average Bonchev–Trinajstić information content (AvgIpc) is 2.70. The summed E-state index contributed by atoms with van der Waals surface area (Å²) in [5.41, 5.74) is 0. The minimum Gasteiger partial charge on any atom is -0.249 e. The molecule has 18 heavy (non-hydrogen) atoms. The molecule has 0 N–H and O–H groups in total. The minimum absolute atomic E-state index is 0. The van der Waals surface area contributed by atoms with Gasteiger partial charge in [-0.3, -0.25) is 0 Å². The van der Waals surface area contributed by atoms with E-state index in [-0.39, 0.29) is 7.43 Å². The third-order valence-corrected chi connectivity index (χ3v) is 4.06. The first-order chi connectivity index (χ1) is 8.27. The van der Waals surface area contributed by atoms with Gasteiger partial charge in [0.2, 0.25) is 0 Å². The van der Waals surface area contributed by atoms with Gasteiger partial charge in [0.15, 0.2) is 0 Å². The molecule has 0 amide bonds. The van der Waals surface area contributed by atoms with E-state index in [4.69, 9.17) is 0 Å². The van der Waals surface area contributed by atoms with Crippen LogP contribution < -0.4 is 0 Å². The van der Waals surface area contributed by atoms with Gasteiger partial charge in [-0.05, 0) is 18.3 Å². The molecule has 0 aliphatic heterocycles. The summed E-state index contributed by atoms with van der Waals surface area (Å²) in [6, 6.07) is 0. The highest BCUT2D eigenvalue weighted by molar-refractivity contribution is 7.09. The Morgan fingerprint density at radius 3 is 2.33 bits per heavy atom. The molecule has 0 spiro atoms. The van der Waals surface area contributed by atoms with E-state index in [1.54, 1.807) is 11.3 Å². The van der Waals surface area contributed by atoms with Crippen LogP contribution in [0.15, 0.2) is 48.0 Å². The van der Waals surface area contributed by atoms with Crippen molar-refractivity contribution in [2.24, 2.45) is 11.8 Å². The summed E-state index contributed by atoms with van der Waals surface area (Å²) in [4.78, 5) is 4.48. The molecule has 1 aliphatic rings. The van der Waals surface area contributed by atoms with Gasteiger partial charge >= 0.3 is 0 Å². The highest BCUT2D eigenvalue weighted by atomic mass is 32.1. The molecule has 1 heterocycles. The minimum atomic E-state index is 0. The Balaban J connectivity index is 0.00000162. The van der Waals surface area contributed by atoms with E-state index >= 15 is 0 Å². The molecule has 1 aromatic heterocycles. The average molecular weight is 261 g/mol. The van der Waals surface area contributed by atoms with E-state index in [9.17, 15) is 0 Å². The Morgan fingerprint density at radius 1 is 1.17 bits per heavy atom. The quantitative estimate of drug-likeness (QED) is 0.725. The molecule has 1 aliphatic carbocycles. The Labute approximate surface area is 115 Å². The molecule has 1 nitrogen and oxygen atoms in total. The fourth-order valence-corrected chi connectivity index (χ4v) is 3.06. The number of hydrogen-bond acceptors (Lipinski definition) is 2. The summed E-state index contributed by atoms with van der Waals surface area (Å²) in [6.45, 7) is 4.57. The maximum Gasteiger partial charge on any atom is 0.0958 e. The lowest BCUT2D eigenvalue weighted by atomic mass is 9.86. The monoisotopic (exact) mass is 261 g/mol. The topological polar surface area (TPSA) is 12.9 Å². The molecule has 98 valence electrons. The second-order valence-electron chi connectivity index (χ2n) is 4.78. The van der Waals surface area contributed by atoms with Crippen molar-refractivity contribution in [3.05, 3.63) is 53.0 Å².